The average Bonchev–Trinajstić information content (AvgIpc) is 3.42. The van der Waals surface area contributed by atoms with E-state index in [1.807, 2.05) is 29.4 Å². The van der Waals surface area contributed by atoms with Gasteiger partial charge in [-0.2, -0.15) is 13.2 Å². The lowest BCUT2D eigenvalue weighted by atomic mass is 9.99. The normalized spacial score (nSPS) is 20.8. The Morgan fingerprint density at radius 3 is 2.72 bits per heavy atom. The van der Waals surface area contributed by atoms with Crippen molar-refractivity contribution in [3.8, 4) is 0 Å². The first kappa shape index (κ1) is 24.1. The predicted octanol–water partition coefficient (Wildman–Crippen LogP) is 4.17. The van der Waals surface area contributed by atoms with Crippen molar-refractivity contribution in [3.05, 3.63) is 88.6 Å². The number of nitrogens with one attached hydrogen (secondary N) is 2. The predicted molar refractivity (Wildman–Crippen MR) is 129 cm³/mol. The van der Waals surface area contributed by atoms with Gasteiger partial charge >= 0.3 is 6.18 Å². The highest BCUT2D eigenvalue weighted by atomic mass is 19.4. The molecular weight excluding hydrogens is 469 g/mol. The average molecular weight is 497 g/mol. The summed E-state index contributed by atoms with van der Waals surface area (Å²) in [6.45, 7) is 5.59. The maximum Gasteiger partial charge on any atom is 0.416 e. The summed E-state index contributed by atoms with van der Waals surface area (Å²) in [6.07, 6.45) is 4.46. The van der Waals surface area contributed by atoms with Crippen LogP contribution in [0.3, 0.4) is 0 Å². The molecule has 0 spiro atoms. The van der Waals surface area contributed by atoms with E-state index in [0.29, 0.717) is 25.2 Å². The van der Waals surface area contributed by atoms with Crippen molar-refractivity contribution in [1.29, 1.82) is 0 Å². The number of allylic oxidation sites excluding steroid dienone is 1. The quantitative estimate of drug-likeness (QED) is 0.628. The van der Waals surface area contributed by atoms with Gasteiger partial charge in [-0.1, -0.05) is 26.0 Å². The number of hydrogen-bond donors (Lipinski definition) is 2. The van der Waals surface area contributed by atoms with E-state index in [2.05, 4.69) is 39.4 Å². The van der Waals surface area contributed by atoms with E-state index in [-0.39, 0.29) is 24.2 Å². The number of nitrogens with zero attached hydrogens (tertiary/aromatic N) is 4. The Hall–Kier alpha value is -3.66. The van der Waals surface area contributed by atoms with Gasteiger partial charge in [0.15, 0.2) is 6.29 Å². The molecule has 5 rings (SSSR count). The molecule has 3 aliphatic heterocycles. The zero-order chi connectivity index (χ0) is 25.4. The number of pyridine rings is 1. The van der Waals surface area contributed by atoms with Crippen molar-refractivity contribution in [2.24, 2.45) is 10.9 Å². The topological polar surface area (TPSA) is 72.9 Å². The maximum atomic E-state index is 12.9. The molecule has 0 saturated heterocycles. The lowest BCUT2D eigenvalue weighted by Gasteiger charge is -2.27. The standard InChI is InChI=1S/C26H27F3N6O/c1-16(2)23-22-19(14-35(23)13-17-4-6-20(7-5-17)26(27,28)29)10-18(11-31-22)24(36)32-12-21-15-34-9-3-8-30-25(34)33-21/h3-11,15-16,23,25,33H,12-14H2,1-2H3,(H,32,36)/t23-,25?/m0/s1. The second kappa shape index (κ2) is 9.42. The van der Waals surface area contributed by atoms with Crippen molar-refractivity contribution in [1.82, 2.24) is 25.4 Å². The van der Waals surface area contributed by atoms with E-state index in [0.717, 1.165) is 34.7 Å². The van der Waals surface area contributed by atoms with Gasteiger partial charge in [-0.15, -0.1) is 0 Å². The van der Waals surface area contributed by atoms with Gasteiger partial charge in [0.25, 0.3) is 5.91 Å². The van der Waals surface area contributed by atoms with Crippen LogP contribution in [0.15, 0.2) is 65.7 Å². The fraction of sp³-hybridized carbons (Fsp3) is 0.346. The molecular formula is C26H27F3N6O. The number of carbonyl (C=O) groups excluding carboxylic acids is 1. The minimum Gasteiger partial charge on any atom is -0.347 e. The zero-order valence-electron chi connectivity index (χ0n) is 20.0. The third kappa shape index (κ3) is 4.86. The number of fused-ring (bicyclic) bond motifs is 2. The second-order valence-corrected chi connectivity index (χ2v) is 9.50. The largest absolute Gasteiger partial charge is 0.416 e. The number of halogens is 3. The summed E-state index contributed by atoms with van der Waals surface area (Å²) < 4.78 is 38.8. The molecule has 2 aromatic rings. The number of alkyl halides is 3. The van der Waals surface area contributed by atoms with Crippen LogP contribution in [0.25, 0.3) is 0 Å². The molecule has 1 aromatic heterocycles. The number of amides is 1. The van der Waals surface area contributed by atoms with Gasteiger partial charge in [0.2, 0.25) is 0 Å². The molecule has 0 radical (unpaired) electrons. The fourth-order valence-corrected chi connectivity index (χ4v) is 4.86. The highest BCUT2D eigenvalue weighted by Gasteiger charge is 2.35. The van der Waals surface area contributed by atoms with E-state index in [1.54, 1.807) is 12.4 Å². The van der Waals surface area contributed by atoms with E-state index < -0.39 is 11.7 Å². The summed E-state index contributed by atoms with van der Waals surface area (Å²) in [5.41, 5.74) is 3.35. The van der Waals surface area contributed by atoms with Crippen LogP contribution in [0.4, 0.5) is 13.2 Å². The van der Waals surface area contributed by atoms with Gasteiger partial charge in [-0.25, -0.2) is 4.99 Å². The van der Waals surface area contributed by atoms with Crippen LogP contribution in [0.5, 0.6) is 0 Å². The number of carbonyl (C=O) groups is 1. The number of aromatic nitrogens is 1. The summed E-state index contributed by atoms with van der Waals surface area (Å²) in [7, 11) is 0. The van der Waals surface area contributed by atoms with E-state index in [1.165, 1.54) is 12.1 Å². The first-order valence-electron chi connectivity index (χ1n) is 11.8. The molecule has 188 valence electrons. The van der Waals surface area contributed by atoms with Crippen LogP contribution in [0.2, 0.25) is 0 Å². The summed E-state index contributed by atoms with van der Waals surface area (Å²) in [4.78, 5) is 25.9. The molecule has 7 nitrogen and oxygen atoms in total. The first-order valence-corrected chi connectivity index (χ1v) is 11.8. The van der Waals surface area contributed by atoms with Crippen LogP contribution < -0.4 is 10.6 Å². The number of rotatable bonds is 6. The smallest absolute Gasteiger partial charge is 0.347 e. The molecule has 1 unspecified atom stereocenters. The van der Waals surface area contributed by atoms with Gasteiger partial charge < -0.3 is 15.5 Å². The highest BCUT2D eigenvalue weighted by molar-refractivity contribution is 5.94. The van der Waals surface area contributed by atoms with Crippen molar-refractivity contribution < 1.29 is 18.0 Å². The third-order valence-corrected chi connectivity index (χ3v) is 6.52. The Morgan fingerprint density at radius 2 is 2.03 bits per heavy atom. The van der Waals surface area contributed by atoms with Gasteiger partial charge in [0.05, 0.1) is 29.4 Å². The zero-order valence-corrected chi connectivity index (χ0v) is 20.0. The second-order valence-electron chi connectivity index (χ2n) is 9.50. The molecule has 0 fully saturated rings. The molecule has 2 atom stereocenters. The lowest BCUT2D eigenvalue weighted by Crippen LogP contribution is -2.35. The Labute approximate surface area is 207 Å². The first-order chi connectivity index (χ1) is 17.2. The van der Waals surface area contributed by atoms with Gasteiger partial charge in [0, 0.05) is 43.6 Å². The molecule has 3 aliphatic rings. The van der Waals surface area contributed by atoms with E-state index in [4.69, 9.17) is 0 Å². The third-order valence-electron chi connectivity index (χ3n) is 6.52. The Bertz CT molecular complexity index is 1240. The molecule has 0 saturated carbocycles. The van der Waals surface area contributed by atoms with Gasteiger partial charge in [-0.05, 0) is 41.3 Å². The molecule has 0 bridgehead atoms. The van der Waals surface area contributed by atoms with Crippen LogP contribution in [0, 0.1) is 5.92 Å². The minimum absolute atomic E-state index is 0.0123. The summed E-state index contributed by atoms with van der Waals surface area (Å²) in [6, 6.07) is 7.16. The summed E-state index contributed by atoms with van der Waals surface area (Å²) >= 11 is 0. The lowest BCUT2D eigenvalue weighted by molar-refractivity contribution is -0.137. The summed E-state index contributed by atoms with van der Waals surface area (Å²) in [5, 5.41) is 6.17. The van der Waals surface area contributed by atoms with E-state index in [9.17, 15) is 18.0 Å². The van der Waals surface area contributed by atoms with Crippen molar-refractivity contribution in [2.75, 3.05) is 6.54 Å². The highest BCUT2D eigenvalue weighted by Crippen LogP contribution is 2.39. The van der Waals surface area contributed by atoms with Crippen molar-refractivity contribution in [3.63, 3.8) is 0 Å². The molecule has 4 heterocycles. The SMILES string of the molecule is CC(C)[C@H]1c2ncc(C(=O)NCC3=CN4C=CC=NC4N3)cc2CN1Cc1ccc(C(F)(F)F)cc1. The molecule has 10 heteroatoms. The molecule has 2 N–H and O–H groups in total. The molecule has 1 aromatic carbocycles. The van der Waals surface area contributed by atoms with Gasteiger partial charge in [-0.3, -0.25) is 14.7 Å². The van der Waals surface area contributed by atoms with Crippen LogP contribution in [-0.2, 0) is 19.3 Å². The maximum absolute atomic E-state index is 12.9. The van der Waals surface area contributed by atoms with Crippen molar-refractivity contribution >= 4 is 12.1 Å². The monoisotopic (exact) mass is 496 g/mol. The summed E-state index contributed by atoms with van der Waals surface area (Å²) in [5.74, 6) is 0.0164. The number of aliphatic imine (C=N–C) groups is 1. The van der Waals surface area contributed by atoms with E-state index >= 15 is 0 Å². The molecule has 36 heavy (non-hydrogen) atoms. The van der Waals surface area contributed by atoms with Crippen LogP contribution in [0.1, 0.15) is 52.6 Å². The van der Waals surface area contributed by atoms with Gasteiger partial charge in [0.1, 0.15) is 0 Å². The minimum atomic E-state index is -4.35. The Balaban J connectivity index is 1.26. The molecule has 1 amide bonds. The number of hydrogen-bond acceptors (Lipinski definition) is 6. The van der Waals surface area contributed by atoms with Crippen LogP contribution >= 0.6 is 0 Å². The fourth-order valence-electron chi connectivity index (χ4n) is 4.86. The Kier molecular flexibility index (Phi) is 6.29. The van der Waals surface area contributed by atoms with Crippen molar-refractivity contribution in [2.45, 2.75) is 45.4 Å². The number of benzene rings is 1. The molecule has 0 aliphatic carbocycles. The Morgan fingerprint density at radius 1 is 1.25 bits per heavy atom. The van der Waals surface area contributed by atoms with Crippen LogP contribution in [-0.4, -0.2) is 39.7 Å².